The molecule has 3 aromatic rings. The Morgan fingerprint density at radius 1 is 1.11 bits per heavy atom. The van der Waals surface area contributed by atoms with E-state index in [9.17, 15) is 14.4 Å². The van der Waals surface area contributed by atoms with Crippen LogP contribution in [0.4, 0.5) is 5.82 Å². The van der Waals surface area contributed by atoms with E-state index >= 15 is 0 Å². The number of carbonyl (C=O) groups excluding carboxylic acids is 3. The molecule has 0 bridgehead atoms. The molecule has 0 saturated carbocycles. The molecule has 3 N–H and O–H groups in total. The van der Waals surface area contributed by atoms with Crippen molar-refractivity contribution >= 4 is 40.9 Å². The lowest BCUT2D eigenvalue weighted by atomic mass is 10.1. The molecule has 0 aliphatic carbocycles. The van der Waals surface area contributed by atoms with E-state index < -0.39 is 5.91 Å². The van der Waals surface area contributed by atoms with Crippen LogP contribution in [0.25, 0.3) is 11.4 Å². The van der Waals surface area contributed by atoms with Gasteiger partial charge in [0.05, 0.1) is 16.9 Å². The van der Waals surface area contributed by atoms with E-state index in [0.29, 0.717) is 33.5 Å². The maximum atomic E-state index is 12.4. The van der Waals surface area contributed by atoms with Crippen molar-refractivity contribution < 1.29 is 14.4 Å². The van der Waals surface area contributed by atoms with E-state index in [0.717, 1.165) is 25.9 Å². The van der Waals surface area contributed by atoms with Crippen molar-refractivity contribution in [3.05, 3.63) is 71.7 Å². The summed E-state index contributed by atoms with van der Waals surface area (Å²) in [6.07, 6.45) is 7.89. The number of H-pyrrole nitrogens is 1. The van der Waals surface area contributed by atoms with Gasteiger partial charge in [0.25, 0.3) is 11.8 Å². The lowest BCUT2D eigenvalue weighted by Gasteiger charge is -2.25. The summed E-state index contributed by atoms with van der Waals surface area (Å²) in [5.41, 5.74) is 4.37. The van der Waals surface area contributed by atoms with Crippen LogP contribution in [0.2, 0.25) is 5.02 Å². The predicted molar refractivity (Wildman–Crippen MR) is 134 cm³/mol. The van der Waals surface area contributed by atoms with Crippen LogP contribution in [0, 0.1) is 0 Å². The number of amides is 3. The molecule has 11 nitrogen and oxygen atoms in total. The summed E-state index contributed by atoms with van der Waals surface area (Å²) in [5, 5.41) is 13.4. The largest absolute Gasteiger partial charge is 0.339 e. The fourth-order valence-corrected chi connectivity index (χ4v) is 3.72. The molecule has 12 heteroatoms. The molecule has 5 heterocycles. The van der Waals surface area contributed by atoms with E-state index in [4.69, 9.17) is 11.6 Å². The third kappa shape index (κ3) is 5.81. The van der Waals surface area contributed by atoms with Crippen LogP contribution in [0.3, 0.4) is 0 Å². The van der Waals surface area contributed by atoms with E-state index in [1.807, 2.05) is 4.90 Å². The monoisotopic (exact) mass is 506 g/mol. The highest BCUT2D eigenvalue weighted by Gasteiger charge is 2.22. The minimum atomic E-state index is -0.429. The average Bonchev–Trinajstić information content (AvgIpc) is 3.35. The van der Waals surface area contributed by atoms with E-state index in [-0.39, 0.29) is 17.5 Å². The summed E-state index contributed by atoms with van der Waals surface area (Å²) in [6, 6.07) is 8.21. The molecule has 3 aromatic heterocycles. The molecular formula is C24H23ClN8O3. The minimum Gasteiger partial charge on any atom is -0.339 e. The Balaban J connectivity index is 0.000000256. The normalized spacial score (nSPS) is 14.4. The predicted octanol–water partition coefficient (Wildman–Crippen LogP) is 2.79. The zero-order valence-electron chi connectivity index (χ0n) is 19.2. The first-order valence-corrected chi connectivity index (χ1v) is 11.6. The van der Waals surface area contributed by atoms with Crippen LogP contribution in [0.5, 0.6) is 0 Å². The topological polar surface area (TPSA) is 145 Å². The third-order valence-electron chi connectivity index (χ3n) is 5.44. The Morgan fingerprint density at radius 3 is 2.50 bits per heavy atom. The highest BCUT2D eigenvalue weighted by molar-refractivity contribution is 6.48. The Hall–Kier alpha value is -4.38. The summed E-state index contributed by atoms with van der Waals surface area (Å²) in [4.78, 5) is 44.9. The van der Waals surface area contributed by atoms with Gasteiger partial charge in [-0.3, -0.25) is 19.5 Å². The number of halogens is 1. The number of aromatic nitrogens is 4. The smallest absolute Gasteiger partial charge is 0.292 e. The van der Waals surface area contributed by atoms with Crippen molar-refractivity contribution in [3.63, 3.8) is 0 Å². The number of hydrogen-bond acceptors (Lipinski definition) is 7. The number of hydrogen-bond donors (Lipinski definition) is 3. The summed E-state index contributed by atoms with van der Waals surface area (Å²) >= 11 is 6.02. The number of nitrogens with zero attached hydrogens (tertiary/aromatic N) is 5. The van der Waals surface area contributed by atoms with Gasteiger partial charge in [0, 0.05) is 24.8 Å². The van der Waals surface area contributed by atoms with Gasteiger partial charge in [0.1, 0.15) is 17.2 Å². The van der Waals surface area contributed by atoms with Crippen LogP contribution < -0.4 is 10.7 Å². The number of carbonyl (C=O) groups is 3. The Bertz CT molecular complexity index is 1310. The Kier molecular flexibility index (Phi) is 7.81. The second kappa shape index (κ2) is 11.4. The lowest BCUT2D eigenvalue weighted by Crippen LogP contribution is -2.39. The number of piperidine rings is 1. The molecule has 5 rings (SSSR count). The molecule has 0 aromatic carbocycles. The van der Waals surface area contributed by atoms with Gasteiger partial charge in [-0.2, -0.15) is 10.2 Å². The summed E-state index contributed by atoms with van der Waals surface area (Å²) in [5.74, 6) is -0.283. The molecule has 2 aliphatic heterocycles. The number of aromatic amines is 1. The van der Waals surface area contributed by atoms with E-state index in [2.05, 4.69) is 42.6 Å². The maximum absolute atomic E-state index is 12.4. The van der Waals surface area contributed by atoms with Crippen molar-refractivity contribution in [3.8, 4) is 11.4 Å². The quantitative estimate of drug-likeness (QED) is 0.453. The zero-order chi connectivity index (χ0) is 25.5. The zero-order valence-corrected chi connectivity index (χ0v) is 20.0. The minimum absolute atomic E-state index is 0.0831. The van der Waals surface area contributed by atoms with Crippen LogP contribution in [0.1, 0.15) is 35.3 Å². The number of likely N-dealkylation sites (tertiary alicyclic amines) is 1. The number of hydrazone groups is 1. The molecule has 0 spiro atoms. The van der Waals surface area contributed by atoms with Gasteiger partial charge in [-0.1, -0.05) is 24.2 Å². The molecule has 1 fully saturated rings. The fraction of sp³-hybridized carbons (Fsp3) is 0.208. The lowest BCUT2D eigenvalue weighted by molar-refractivity contribution is -0.126. The summed E-state index contributed by atoms with van der Waals surface area (Å²) in [7, 11) is 0. The molecular weight excluding hydrogens is 484 g/mol. The van der Waals surface area contributed by atoms with Crippen LogP contribution >= 0.6 is 11.6 Å². The number of anilines is 1. The van der Waals surface area contributed by atoms with E-state index in [1.54, 1.807) is 30.3 Å². The van der Waals surface area contributed by atoms with Crippen molar-refractivity contribution in [2.75, 3.05) is 18.4 Å². The van der Waals surface area contributed by atoms with Crippen molar-refractivity contribution in [2.24, 2.45) is 5.10 Å². The second-order valence-corrected chi connectivity index (χ2v) is 8.29. The highest BCUT2D eigenvalue weighted by atomic mass is 35.5. The van der Waals surface area contributed by atoms with Gasteiger partial charge in [0.15, 0.2) is 5.71 Å². The molecule has 0 atom stereocenters. The molecule has 3 amide bonds. The Labute approximate surface area is 211 Å². The number of rotatable bonds is 5. The standard InChI is InChI=1S/C16H10ClN7O2.C8H13NO/c17-9-7-19-22-14(9)10-2-1-3-11(20-10)15(25)21-12-5-4-8(6-18-12)13-16(26)24-23-13;1-2-8(10)9-6-4-3-5-7-9/h1-7H,(H,19,22)(H,24,26)(H,18,21,25);2H,1,3-7H2. The molecule has 2 aliphatic rings. The van der Waals surface area contributed by atoms with Crippen molar-refractivity contribution in [1.82, 2.24) is 30.5 Å². The molecule has 1 saturated heterocycles. The highest BCUT2D eigenvalue weighted by Crippen LogP contribution is 2.23. The van der Waals surface area contributed by atoms with Gasteiger partial charge in [-0.25, -0.2) is 15.4 Å². The van der Waals surface area contributed by atoms with Crippen LogP contribution in [-0.2, 0) is 9.59 Å². The van der Waals surface area contributed by atoms with Gasteiger partial charge >= 0.3 is 0 Å². The summed E-state index contributed by atoms with van der Waals surface area (Å²) in [6.45, 7) is 5.29. The molecule has 0 radical (unpaired) electrons. The van der Waals surface area contributed by atoms with Crippen LogP contribution in [-0.4, -0.2) is 61.6 Å². The van der Waals surface area contributed by atoms with Crippen molar-refractivity contribution in [1.29, 1.82) is 0 Å². The van der Waals surface area contributed by atoms with Crippen LogP contribution in [0.15, 0.2) is 60.5 Å². The van der Waals surface area contributed by atoms with Crippen molar-refractivity contribution in [2.45, 2.75) is 19.3 Å². The first-order chi connectivity index (χ1) is 17.5. The molecule has 36 heavy (non-hydrogen) atoms. The van der Waals surface area contributed by atoms with Gasteiger partial charge in [-0.05, 0) is 49.6 Å². The fourth-order valence-electron chi connectivity index (χ4n) is 3.54. The SMILES string of the molecule is C=CC(=O)N1CCCCC1.O=C1NN=C1c1ccc(NC(=O)c2cccc(-c3[nH]ncc3Cl)n2)nc1. The maximum Gasteiger partial charge on any atom is 0.292 e. The summed E-state index contributed by atoms with van der Waals surface area (Å²) < 4.78 is 0. The third-order valence-corrected chi connectivity index (χ3v) is 5.72. The molecule has 0 unspecified atom stereocenters. The average molecular weight is 507 g/mol. The van der Waals surface area contributed by atoms with Gasteiger partial charge in [-0.15, -0.1) is 0 Å². The number of nitrogens with one attached hydrogen (secondary N) is 3. The van der Waals surface area contributed by atoms with Gasteiger partial charge < -0.3 is 10.2 Å². The van der Waals surface area contributed by atoms with Gasteiger partial charge in [0.2, 0.25) is 5.91 Å². The van der Waals surface area contributed by atoms with E-state index in [1.165, 1.54) is 24.9 Å². The number of pyridine rings is 2. The second-order valence-electron chi connectivity index (χ2n) is 7.88. The first kappa shape index (κ1) is 24.7. The first-order valence-electron chi connectivity index (χ1n) is 11.2. The Morgan fingerprint density at radius 2 is 1.92 bits per heavy atom. The molecule has 184 valence electrons.